The molecule has 0 saturated carbocycles. The van der Waals surface area contributed by atoms with E-state index in [2.05, 4.69) is 17.0 Å². The van der Waals surface area contributed by atoms with Gasteiger partial charge in [0.25, 0.3) is 5.56 Å². The zero-order valence-corrected chi connectivity index (χ0v) is 13.4. The van der Waals surface area contributed by atoms with E-state index in [1.165, 1.54) is 0 Å². The molecule has 0 aliphatic carbocycles. The molecule has 0 aromatic carbocycles. The molecule has 0 unspecified atom stereocenters. The summed E-state index contributed by atoms with van der Waals surface area (Å²) in [6, 6.07) is 1.91. The first-order valence-corrected chi connectivity index (χ1v) is 7.81. The molecular formula is C15H18N4OS. The van der Waals surface area contributed by atoms with E-state index in [0.29, 0.717) is 0 Å². The van der Waals surface area contributed by atoms with E-state index in [1.54, 1.807) is 28.4 Å². The van der Waals surface area contributed by atoms with Crippen molar-refractivity contribution in [1.82, 2.24) is 19.3 Å². The second-order valence-corrected chi connectivity index (χ2v) is 6.43. The molecule has 6 heteroatoms. The molecule has 0 amide bonds. The second kappa shape index (κ2) is 5.11. The Morgan fingerprint density at radius 1 is 1.38 bits per heavy atom. The first kappa shape index (κ1) is 14.0. The summed E-state index contributed by atoms with van der Waals surface area (Å²) in [7, 11) is 1.90. The van der Waals surface area contributed by atoms with Gasteiger partial charge in [-0.15, -0.1) is 11.3 Å². The highest BCUT2D eigenvalue weighted by Gasteiger charge is 2.19. The SMILES string of the molecule is CC[C@H](c1ccnn1C)n1cnc2sc(C)c(C)c2c1=O. The predicted octanol–water partition coefficient (Wildman–Crippen LogP) is 2.81. The summed E-state index contributed by atoms with van der Waals surface area (Å²) in [5, 5.41) is 4.96. The summed E-state index contributed by atoms with van der Waals surface area (Å²) < 4.78 is 3.55. The van der Waals surface area contributed by atoms with Crippen molar-refractivity contribution in [2.24, 2.45) is 7.05 Å². The molecule has 0 N–H and O–H groups in total. The minimum absolute atomic E-state index is 0.0369. The Kier molecular flexibility index (Phi) is 3.41. The van der Waals surface area contributed by atoms with E-state index in [0.717, 1.165) is 32.8 Å². The van der Waals surface area contributed by atoms with Crippen LogP contribution in [0.15, 0.2) is 23.4 Å². The van der Waals surface area contributed by atoms with Crippen molar-refractivity contribution in [2.75, 3.05) is 0 Å². The number of thiophene rings is 1. The molecule has 3 heterocycles. The highest BCUT2D eigenvalue weighted by Crippen LogP contribution is 2.27. The highest BCUT2D eigenvalue weighted by molar-refractivity contribution is 7.18. The van der Waals surface area contributed by atoms with Crippen molar-refractivity contribution in [2.45, 2.75) is 33.2 Å². The molecule has 0 fully saturated rings. The van der Waals surface area contributed by atoms with E-state index < -0.39 is 0 Å². The normalized spacial score (nSPS) is 13.0. The van der Waals surface area contributed by atoms with Crippen LogP contribution in [0.3, 0.4) is 0 Å². The molecule has 0 aliphatic rings. The summed E-state index contributed by atoms with van der Waals surface area (Å²) in [4.78, 5) is 19.3. The van der Waals surface area contributed by atoms with Gasteiger partial charge in [-0.1, -0.05) is 6.92 Å². The molecule has 3 aromatic rings. The minimum atomic E-state index is -0.0403. The maximum absolute atomic E-state index is 12.9. The average molecular weight is 302 g/mol. The third kappa shape index (κ3) is 2.10. The lowest BCUT2D eigenvalue weighted by atomic mass is 10.1. The molecule has 0 radical (unpaired) electrons. The Hall–Kier alpha value is -1.95. The Bertz CT molecular complexity index is 858. The molecule has 21 heavy (non-hydrogen) atoms. The van der Waals surface area contributed by atoms with Gasteiger partial charge >= 0.3 is 0 Å². The Morgan fingerprint density at radius 3 is 2.76 bits per heavy atom. The van der Waals surface area contributed by atoms with Gasteiger partial charge < -0.3 is 0 Å². The van der Waals surface area contributed by atoms with Crippen molar-refractivity contribution in [1.29, 1.82) is 0 Å². The molecule has 3 aromatic heterocycles. The fraction of sp³-hybridized carbons (Fsp3) is 0.400. The third-order valence-corrected chi connectivity index (χ3v) is 5.15. The van der Waals surface area contributed by atoms with Gasteiger partial charge in [0.15, 0.2) is 0 Å². The third-order valence-electron chi connectivity index (χ3n) is 4.04. The zero-order valence-electron chi connectivity index (χ0n) is 12.6. The lowest BCUT2D eigenvalue weighted by Gasteiger charge is -2.18. The van der Waals surface area contributed by atoms with Gasteiger partial charge in [-0.3, -0.25) is 14.0 Å². The van der Waals surface area contributed by atoms with Crippen LogP contribution in [-0.4, -0.2) is 19.3 Å². The van der Waals surface area contributed by atoms with Crippen molar-refractivity contribution in [3.8, 4) is 0 Å². The molecular weight excluding hydrogens is 284 g/mol. The number of rotatable bonds is 3. The van der Waals surface area contributed by atoms with E-state index in [1.807, 2.05) is 31.6 Å². The summed E-state index contributed by atoms with van der Waals surface area (Å²) in [5.74, 6) is 0. The van der Waals surface area contributed by atoms with Crippen molar-refractivity contribution in [3.63, 3.8) is 0 Å². The smallest absolute Gasteiger partial charge is 0.262 e. The standard InChI is InChI=1S/C15H18N4OS/c1-5-11(12-6-7-17-18(12)4)19-8-16-14-13(15(19)20)9(2)10(3)21-14/h6-8,11H,5H2,1-4H3/t11-/m1/s1. The van der Waals surface area contributed by atoms with Crippen LogP contribution in [0.1, 0.15) is 35.5 Å². The van der Waals surface area contributed by atoms with Gasteiger partial charge in [0.05, 0.1) is 23.4 Å². The van der Waals surface area contributed by atoms with Crippen LogP contribution in [0, 0.1) is 13.8 Å². The fourth-order valence-electron chi connectivity index (χ4n) is 2.73. The number of hydrogen-bond donors (Lipinski definition) is 0. The predicted molar refractivity (Wildman–Crippen MR) is 85.0 cm³/mol. The first-order chi connectivity index (χ1) is 10.0. The Morgan fingerprint density at radius 2 is 2.14 bits per heavy atom. The summed E-state index contributed by atoms with van der Waals surface area (Å²) >= 11 is 1.58. The van der Waals surface area contributed by atoms with E-state index in [9.17, 15) is 4.79 Å². The maximum Gasteiger partial charge on any atom is 0.262 e. The van der Waals surface area contributed by atoms with Crippen molar-refractivity contribution >= 4 is 21.6 Å². The second-order valence-electron chi connectivity index (χ2n) is 5.22. The number of aryl methyl sites for hydroxylation is 3. The summed E-state index contributed by atoms with van der Waals surface area (Å²) in [6.07, 6.45) is 4.24. The maximum atomic E-state index is 12.9. The average Bonchev–Trinajstić information content (AvgIpc) is 2.99. The van der Waals surface area contributed by atoms with E-state index in [4.69, 9.17) is 0 Å². The van der Waals surface area contributed by atoms with Crippen LogP contribution in [0.5, 0.6) is 0 Å². The molecule has 1 atom stereocenters. The Balaban J connectivity index is 2.25. The van der Waals surface area contributed by atoms with Gasteiger partial charge in [0.1, 0.15) is 4.83 Å². The topological polar surface area (TPSA) is 52.7 Å². The lowest BCUT2D eigenvalue weighted by Crippen LogP contribution is -2.27. The van der Waals surface area contributed by atoms with Crippen LogP contribution in [0.2, 0.25) is 0 Å². The fourth-order valence-corrected chi connectivity index (χ4v) is 3.72. The monoisotopic (exact) mass is 302 g/mol. The van der Waals surface area contributed by atoms with Gasteiger partial charge in [-0.05, 0) is 31.9 Å². The van der Waals surface area contributed by atoms with Crippen molar-refractivity contribution < 1.29 is 0 Å². The largest absolute Gasteiger partial charge is 0.289 e. The van der Waals surface area contributed by atoms with Crippen LogP contribution in [-0.2, 0) is 7.05 Å². The van der Waals surface area contributed by atoms with Gasteiger partial charge in [-0.2, -0.15) is 5.10 Å². The molecule has 0 aliphatic heterocycles. The van der Waals surface area contributed by atoms with Gasteiger partial charge in [-0.25, -0.2) is 4.98 Å². The quantitative estimate of drug-likeness (QED) is 0.747. The van der Waals surface area contributed by atoms with Crippen LogP contribution >= 0.6 is 11.3 Å². The van der Waals surface area contributed by atoms with Gasteiger partial charge in [0.2, 0.25) is 0 Å². The first-order valence-electron chi connectivity index (χ1n) is 6.99. The zero-order chi connectivity index (χ0) is 15.1. The summed E-state index contributed by atoms with van der Waals surface area (Å²) in [5.41, 5.74) is 2.10. The highest BCUT2D eigenvalue weighted by atomic mass is 32.1. The van der Waals surface area contributed by atoms with Crippen LogP contribution < -0.4 is 5.56 Å². The van der Waals surface area contributed by atoms with E-state index >= 15 is 0 Å². The van der Waals surface area contributed by atoms with Crippen LogP contribution in [0.25, 0.3) is 10.2 Å². The number of aromatic nitrogens is 4. The van der Waals surface area contributed by atoms with Crippen molar-refractivity contribution in [3.05, 3.63) is 45.1 Å². The minimum Gasteiger partial charge on any atom is -0.289 e. The number of fused-ring (bicyclic) bond motifs is 1. The van der Waals surface area contributed by atoms with Crippen LogP contribution in [0.4, 0.5) is 0 Å². The number of nitrogens with zero attached hydrogens (tertiary/aromatic N) is 4. The summed E-state index contributed by atoms with van der Waals surface area (Å²) in [6.45, 7) is 6.09. The molecule has 5 nitrogen and oxygen atoms in total. The Labute approximate surface area is 126 Å². The molecule has 3 rings (SSSR count). The molecule has 0 bridgehead atoms. The van der Waals surface area contributed by atoms with E-state index in [-0.39, 0.29) is 11.6 Å². The molecule has 110 valence electrons. The molecule has 0 saturated heterocycles. The number of hydrogen-bond acceptors (Lipinski definition) is 4. The van der Waals surface area contributed by atoms with Gasteiger partial charge in [0, 0.05) is 18.1 Å². The molecule has 0 spiro atoms. The lowest BCUT2D eigenvalue weighted by molar-refractivity contribution is 0.502.